The van der Waals surface area contributed by atoms with E-state index in [-0.39, 0.29) is 0 Å². The highest BCUT2D eigenvalue weighted by Crippen LogP contribution is 2.42. The van der Waals surface area contributed by atoms with Crippen molar-refractivity contribution in [2.24, 2.45) is 0 Å². The van der Waals surface area contributed by atoms with Gasteiger partial charge in [-0.2, -0.15) is 0 Å². The molecule has 0 spiro atoms. The average molecular weight is 243 g/mol. The Balaban J connectivity index is 2.64. The summed E-state index contributed by atoms with van der Waals surface area (Å²) in [5.41, 5.74) is 6.23. The normalized spacial score (nSPS) is 10.5. The molecular weight excluding hydrogens is 236 g/mol. The van der Waals surface area contributed by atoms with E-state index in [0.717, 1.165) is 10.1 Å². The summed E-state index contributed by atoms with van der Waals surface area (Å²) in [7, 11) is 0. The number of esters is 1. The summed E-state index contributed by atoms with van der Waals surface area (Å²) in [6, 6.07) is 1.74. The number of rotatable bonds is 1. The molecule has 15 heavy (non-hydrogen) atoms. The van der Waals surface area contributed by atoms with Crippen LogP contribution < -0.4 is 10.5 Å². The molecule has 0 radical (unpaired) electrons. The lowest BCUT2D eigenvalue weighted by molar-refractivity contribution is -0.131. The number of pyridine rings is 1. The van der Waals surface area contributed by atoms with Crippen LogP contribution in [0, 0.1) is 0 Å². The fourth-order valence-corrected chi connectivity index (χ4v) is 2.46. The van der Waals surface area contributed by atoms with Crippen molar-refractivity contribution in [1.82, 2.24) is 4.98 Å². The molecule has 2 rings (SSSR count). The molecular formula is C9H7ClN2O2S. The highest BCUT2D eigenvalue weighted by molar-refractivity contribution is 7.22. The molecule has 0 fully saturated rings. The molecule has 0 atom stereocenters. The third kappa shape index (κ3) is 1.75. The van der Waals surface area contributed by atoms with E-state index in [0.29, 0.717) is 15.9 Å². The van der Waals surface area contributed by atoms with E-state index in [9.17, 15) is 4.79 Å². The number of carbonyl (C=O) groups is 1. The molecule has 2 aromatic rings. The topological polar surface area (TPSA) is 65.2 Å². The van der Waals surface area contributed by atoms with Crippen LogP contribution in [-0.2, 0) is 4.79 Å². The molecule has 0 aliphatic heterocycles. The first-order valence-corrected chi connectivity index (χ1v) is 5.30. The van der Waals surface area contributed by atoms with Crippen molar-refractivity contribution in [3.05, 3.63) is 17.4 Å². The largest absolute Gasteiger partial charge is 0.413 e. The molecule has 0 saturated carbocycles. The van der Waals surface area contributed by atoms with E-state index in [1.165, 1.54) is 18.3 Å². The number of halogens is 1. The summed E-state index contributed by atoms with van der Waals surface area (Å²) in [6.07, 6.45) is 1.56. The van der Waals surface area contributed by atoms with E-state index >= 15 is 0 Å². The van der Waals surface area contributed by atoms with E-state index < -0.39 is 5.97 Å². The van der Waals surface area contributed by atoms with Crippen LogP contribution in [0.2, 0.25) is 5.15 Å². The Morgan fingerprint density at radius 3 is 3.00 bits per heavy atom. The molecule has 0 aromatic carbocycles. The Hall–Kier alpha value is -1.33. The first-order chi connectivity index (χ1) is 7.09. The maximum absolute atomic E-state index is 10.8. The van der Waals surface area contributed by atoms with Gasteiger partial charge in [0.25, 0.3) is 0 Å². The summed E-state index contributed by atoms with van der Waals surface area (Å²) < 4.78 is 5.68. The van der Waals surface area contributed by atoms with Gasteiger partial charge in [0.15, 0.2) is 0 Å². The Labute approximate surface area is 94.6 Å². The zero-order valence-corrected chi connectivity index (χ0v) is 9.35. The molecule has 2 heterocycles. The molecule has 2 N–H and O–H groups in total. The molecule has 0 saturated heterocycles. The Kier molecular flexibility index (Phi) is 2.50. The van der Waals surface area contributed by atoms with Gasteiger partial charge in [-0.1, -0.05) is 22.9 Å². The van der Waals surface area contributed by atoms with Crippen molar-refractivity contribution in [3.8, 4) is 5.06 Å². The highest BCUT2D eigenvalue weighted by atomic mass is 35.5. The molecule has 6 heteroatoms. The number of hydrogen-bond donors (Lipinski definition) is 1. The molecule has 2 aromatic heterocycles. The smallest absolute Gasteiger partial charge is 0.308 e. The van der Waals surface area contributed by atoms with Gasteiger partial charge in [-0.15, -0.1) is 0 Å². The predicted molar refractivity (Wildman–Crippen MR) is 60.4 cm³/mol. The van der Waals surface area contributed by atoms with E-state index in [2.05, 4.69) is 4.98 Å². The van der Waals surface area contributed by atoms with Crippen LogP contribution in [-0.4, -0.2) is 11.0 Å². The van der Waals surface area contributed by atoms with Crippen LogP contribution in [0.15, 0.2) is 12.3 Å². The molecule has 4 nitrogen and oxygen atoms in total. The molecule has 0 unspecified atom stereocenters. The lowest BCUT2D eigenvalue weighted by Gasteiger charge is -1.96. The molecule has 0 aliphatic carbocycles. The molecule has 78 valence electrons. The second-order valence-electron chi connectivity index (χ2n) is 2.88. The number of ether oxygens (including phenoxy) is 1. The van der Waals surface area contributed by atoms with Crippen LogP contribution in [0.25, 0.3) is 10.1 Å². The van der Waals surface area contributed by atoms with Gasteiger partial charge in [-0.3, -0.25) is 4.79 Å². The maximum Gasteiger partial charge on any atom is 0.308 e. The maximum atomic E-state index is 10.8. The number of thiophene rings is 1. The number of nitrogens with zero attached hydrogens (tertiary/aromatic N) is 1. The van der Waals surface area contributed by atoms with Crippen molar-refractivity contribution in [1.29, 1.82) is 0 Å². The van der Waals surface area contributed by atoms with Crippen molar-refractivity contribution in [2.45, 2.75) is 6.92 Å². The van der Waals surface area contributed by atoms with Crippen molar-refractivity contribution in [2.75, 3.05) is 5.73 Å². The van der Waals surface area contributed by atoms with Crippen molar-refractivity contribution >= 4 is 44.7 Å². The number of aromatic nitrogens is 1. The number of carbonyl (C=O) groups excluding carboxylic acids is 1. The second-order valence-corrected chi connectivity index (χ2v) is 4.22. The highest BCUT2D eigenvalue weighted by Gasteiger charge is 2.14. The quantitative estimate of drug-likeness (QED) is 0.616. The van der Waals surface area contributed by atoms with Gasteiger partial charge < -0.3 is 10.5 Å². The van der Waals surface area contributed by atoms with Gasteiger partial charge in [0.1, 0.15) is 5.15 Å². The molecule has 0 bridgehead atoms. The minimum atomic E-state index is -0.405. The standard InChI is InChI=1S/C9H7ClN2O2S/c1-4(13)14-9-6(11)5-2-3-12-8(10)7(5)15-9/h2-3H,11H2,1H3. The predicted octanol–water partition coefficient (Wildman–Crippen LogP) is 2.46. The second kappa shape index (κ2) is 3.67. The first kappa shape index (κ1) is 10.2. The van der Waals surface area contributed by atoms with E-state index in [1.807, 2.05) is 0 Å². The van der Waals surface area contributed by atoms with Crippen LogP contribution in [0.1, 0.15) is 6.92 Å². The SMILES string of the molecule is CC(=O)Oc1sc2c(Cl)nccc2c1N. The summed E-state index contributed by atoms with van der Waals surface area (Å²) >= 11 is 7.10. The minimum Gasteiger partial charge on any atom is -0.413 e. The van der Waals surface area contributed by atoms with Gasteiger partial charge in [0, 0.05) is 18.5 Å². The third-order valence-corrected chi connectivity index (χ3v) is 3.31. The van der Waals surface area contributed by atoms with Gasteiger partial charge in [-0.25, -0.2) is 4.98 Å². The average Bonchev–Trinajstić information content (AvgIpc) is 2.46. The molecule has 0 amide bonds. The number of hydrogen-bond acceptors (Lipinski definition) is 5. The Morgan fingerprint density at radius 2 is 2.40 bits per heavy atom. The van der Waals surface area contributed by atoms with Gasteiger partial charge in [0.2, 0.25) is 5.06 Å². The lowest BCUT2D eigenvalue weighted by atomic mass is 10.3. The number of nitrogens with two attached hydrogens (primary N) is 1. The van der Waals surface area contributed by atoms with E-state index in [1.54, 1.807) is 12.3 Å². The number of anilines is 1. The van der Waals surface area contributed by atoms with Crippen LogP contribution in [0.3, 0.4) is 0 Å². The monoisotopic (exact) mass is 242 g/mol. The van der Waals surface area contributed by atoms with Crippen LogP contribution >= 0.6 is 22.9 Å². The third-order valence-electron chi connectivity index (χ3n) is 1.80. The van der Waals surface area contributed by atoms with Gasteiger partial charge in [0.05, 0.1) is 10.4 Å². The first-order valence-electron chi connectivity index (χ1n) is 4.10. The Morgan fingerprint density at radius 1 is 1.67 bits per heavy atom. The van der Waals surface area contributed by atoms with Crippen LogP contribution in [0.5, 0.6) is 5.06 Å². The zero-order chi connectivity index (χ0) is 11.0. The van der Waals surface area contributed by atoms with E-state index in [4.69, 9.17) is 22.1 Å². The summed E-state index contributed by atoms with van der Waals surface area (Å²) in [6.45, 7) is 1.32. The zero-order valence-electron chi connectivity index (χ0n) is 7.78. The lowest BCUT2D eigenvalue weighted by Crippen LogP contribution is -2.01. The molecule has 0 aliphatic rings. The Bertz CT molecular complexity index is 538. The number of nitrogen functional groups attached to an aromatic ring is 1. The fourth-order valence-electron chi connectivity index (χ4n) is 1.20. The summed E-state index contributed by atoms with van der Waals surface area (Å²) in [5.74, 6) is -0.405. The minimum absolute atomic E-state index is 0.364. The van der Waals surface area contributed by atoms with Crippen molar-refractivity contribution in [3.63, 3.8) is 0 Å². The summed E-state index contributed by atoms with van der Waals surface area (Å²) in [5, 5.41) is 1.49. The van der Waals surface area contributed by atoms with Gasteiger partial charge >= 0.3 is 5.97 Å². The summed E-state index contributed by atoms with van der Waals surface area (Å²) in [4.78, 5) is 14.7. The van der Waals surface area contributed by atoms with Crippen LogP contribution in [0.4, 0.5) is 5.69 Å². The number of fused-ring (bicyclic) bond motifs is 1. The van der Waals surface area contributed by atoms with Gasteiger partial charge in [-0.05, 0) is 6.07 Å². The van der Waals surface area contributed by atoms with Crippen molar-refractivity contribution < 1.29 is 9.53 Å². The fraction of sp³-hybridized carbons (Fsp3) is 0.111.